The predicted molar refractivity (Wildman–Crippen MR) is 60.5 cm³/mol. The Labute approximate surface area is 92.8 Å². The second-order valence-corrected chi connectivity index (χ2v) is 4.64. The zero-order chi connectivity index (χ0) is 11.1. The van der Waals surface area contributed by atoms with E-state index in [9.17, 15) is 0 Å². The molecule has 3 heteroatoms. The van der Waals surface area contributed by atoms with Crippen molar-refractivity contribution in [3.8, 4) is 6.07 Å². The average molecular weight is 210 g/mol. The van der Waals surface area contributed by atoms with E-state index in [1.54, 1.807) is 0 Å². The molecule has 1 saturated carbocycles. The molecule has 0 aromatic rings. The van der Waals surface area contributed by atoms with Crippen LogP contribution in [0.2, 0.25) is 0 Å². The van der Waals surface area contributed by atoms with E-state index < -0.39 is 5.54 Å². The number of ether oxygens (including phenoxy) is 1. The highest BCUT2D eigenvalue weighted by Gasteiger charge is 2.21. The van der Waals surface area contributed by atoms with Crippen molar-refractivity contribution in [1.82, 2.24) is 5.32 Å². The first-order valence-electron chi connectivity index (χ1n) is 5.88. The van der Waals surface area contributed by atoms with Crippen LogP contribution < -0.4 is 5.32 Å². The van der Waals surface area contributed by atoms with Gasteiger partial charge in [-0.05, 0) is 26.3 Å². The highest BCUT2D eigenvalue weighted by Crippen LogP contribution is 2.29. The van der Waals surface area contributed by atoms with Crippen molar-refractivity contribution in [2.75, 3.05) is 20.3 Å². The molecule has 1 unspecified atom stereocenters. The van der Waals surface area contributed by atoms with Crippen LogP contribution in [0.3, 0.4) is 0 Å². The Hall–Kier alpha value is -0.590. The summed E-state index contributed by atoms with van der Waals surface area (Å²) in [5.41, 5.74) is -0.434. The molecule has 0 radical (unpaired) electrons. The molecule has 15 heavy (non-hydrogen) atoms. The number of rotatable bonds is 7. The molecule has 1 aliphatic carbocycles. The van der Waals surface area contributed by atoms with E-state index in [-0.39, 0.29) is 0 Å². The lowest BCUT2D eigenvalue weighted by Gasteiger charge is -2.25. The summed E-state index contributed by atoms with van der Waals surface area (Å²) in [5.74, 6) is 0.914. The molecule has 0 heterocycles. The van der Waals surface area contributed by atoms with Gasteiger partial charge in [0.1, 0.15) is 5.54 Å². The Balaban J connectivity index is 1.98. The van der Waals surface area contributed by atoms with Crippen LogP contribution in [0.1, 0.15) is 39.0 Å². The number of nitrogens with zero attached hydrogens (tertiary/aromatic N) is 1. The minimum Gasteiger partial charge on any atom is -0.381 e. The zero-order valence-electron chi connectivity index (χ0n) is 9.88. The Kier molecular flexibility index (Phi) is 5.07. The van der Waals surface area contributed by atoms with Crippen molar-refractivity contribution in [3.63, 3.8) is 0 Å². The normalized spacial score (nSPS) is 20.3. The number of nitriles is 1. The lowest BCUT2D eigenvalue weighted by molar-refractivity contribution is 0.0955. The number of hydrogen-bond donors (Lipinski definition) is 1. The van der Waals surface area contributed by atoms with Gasteiger partial charge in [0.25, 0.3) is 0 Å². The second kappa shape index (κ2) is 6.09. The summed E-state index contributed by atoms with van der Waals surface area (Å²) in [7, 11) is 1.82. The molecule has 0 aliphatic heterocycles. The van der Waals surface area contributed by atoms with Crippen molar-refractivity contribution in [1.29, 1.82) is 5.26 Å². The molecular weight excluding hydrogens is 188 g/mol. The summed E-state index contributed by atoms with van der Waals surface area (Å²) in [6.07, 6.45) is 6.12. The Morgan fingerprint density at radius 3 is 2.67 bits per heavy atom. The summed E-state index contributed by atoms with van der Waals surface area (Å²) in [5, 5.41) is 11.9. The minimum atomic E-state index is -0.434. The van der Waals surface area contributed by atoms with Crippen LogP contribution in [0.4, 0.5) is 0 Å². The molecule has 0 saturated heterocycles. The quantitative estimate of drug-likeness (QED) is 0.654. The molecule has 1 atom stereocenters. The highest BCUT2D eigenvalue weighted by molar-refractivity contribution is 5.02. The molecule has 0 spiro atoms. The van der Waals surface area contributed by atoms with Crippen molar-refractivity contribution in [2.45, 2.75) is 44.6 Å². The van der Waals surface area contributed by atoms with Crippen LogP contribution >= 0.6 is 0 Å². The van der Waals surface area contributed by atoms with E-state index in [4.69, 9.17) is 10.00 Å². The third-order valence-corrected chi connectivity index (χ3v) is 3.44. The molecule has 0 amide bonds. The van der Waals surface area contributed by atoms with E-state index in [0.29, 0.717) is 6.61 Å². The van der Waals surface area contributed by atoms with Gasteiger partial charge in [0.05, 0.1) is 6.07 Å². The Morgan fingerprint density at radius 1 is 1.47 bits per heavy atom. The van der Waals surface area contributed by atoms with Gasteiger partial charge in [-0.25, -0.2) is 0 Å². The molecule has 3 nitrogen and oxygen atoms in total. The molecule has 1 fully saturated rings. The summed E-state index contributed by atoms with van der Waals surface area (Å²) >= 11 is 0. The number of nitrogens with one attached hydrogen (secondary N) is 1. The maximum Gasteiger partial charge on any atom is 0.105 e. The van der Waals surface area contributed by atoms with Crippen molar-refractivity contribution in [3.05, 3.63) is 0 Å². The monoisotopic (exact) mass is 210 g/mol. The largest absolute Gasteiger partial charge is 0.381 e. The van der Waals surface area contributed by atoms with Gasteiger partial charge in [0.2, 0.25) is 0 Å². The van der Waals surface area contributed by atoms with Gasteiger partial charge in [0.15, 0.2) is 0 Å². The van der Waals surface area contributed by atoms with Crippen LogP contribution in [-0.4, -0.2) is 25.8 Å². The van der Waals surface area contributed by atoms with E-state index in [1.165, 1.54) is 25.7 Å². The highest BCUT2D eigenvalue weighted by atomic mass is 16.5. The summed E-state index contributed by atoms with van der Waals surface area (Å²) in [6.45, 7) is 3.44. The van der Waals surface area contributed by atoms with Gasteiger partial charge < -0.3 is 10.1 Å². The lowest BCUT2D eigenvalue weighted by atomic mass is 9.83. The number of hydrogen-bond acceptors (Lipinski definition) is 3. The third kappa shape index (κ3) is 4.19. The van der Waals surface area contributed by atoms with Crippen molar-refractivity contribution in [2.24, 2.45) is 5.92 Å². The van der Waals surface area contributed by atoms with E-state index in [0.717, 1.165) is 18.9 Å². The van der Waals surface area contributed by atoms with Gasteiger partial charge in [-0.1, -0.05) is 19.3 Å². The lowest BCUT2D eigenvalue weighted by Crippen LogP contribution is -2.39. The van der Waals surface area contributed by atoms with Crippen LogP contribution in [0, 0.1) is 17.2 Å². The maximum absolute atomic E-state index is 8.91. The fourth-order valence-electron chi connectivity index (χ4n) is 1.65. The Bertz CT molecular complexity index is 220. The van der Waals surface area contributed by atoms with Crippen LogP contribution in [0.5, 0.6) is 0 Å². The van der Waals surface area contributed by atoms with Crippen molar-refractivity contribution < 1.29 is 4.74 Å². The summed E-state index contributed by atoms with van der Waals surface area (Å²) in [6, 6.07) is 2.26. The molecule has 0 bridgehead atoms. The Morgan fingerprint density at radius 2 is 2.20 bits per heavy atom. The van der Waals surface area contributed by atoms with E-state index in [1.807, 2.05) is 14.0 Å². The topological polar surface area (TPSA) is 45.0 Å². The summed E-state index contributed by atoms with van der Waals surface area (Å²) in [4.78, 5) is 0. The maximum atomic E-state index is 8.91. The molecule has 0 aromatic heterocycles. The fraction of sp³-hybridized carbons (Fsp3) is 0.917. The van der Waals surface area contributed by atoms with Gasteiger partial charge in [0, 0.05) is 19.6 Å². The predicted octanol–water partition coefficient (Wildman–Crippen LogP) is 2.08. The van der Waals surface area contributed by atoms with Gasteiger partial charge in [-0.15, -0.1) is 0 Å². The molecule has 1 aliphatic rings. The van der Waals surface area contributed by atoms with Crippen molar-refractivity contribution >= 4 is 0 Å². The molecular formula is C12H22N2O. The smallest absolute Gasteiger partial charge is 0.105 e. The molecule has 0 aromatic carbocycles. The first kappa shape index (κ1) is 12.5. The van der Waals surface area contributed by atoms with E-state index in [2.05, 4.69) is 11.4 Å². The summed E-state index contributed by atoms with van der Waals surface area (Å²) < 4.78 is 5.55. The van der Waals surface area contributed by atoms with Crippen LogP contribution in [0.25, 0.3) is 0 Å². The first-order valence-corrected chi connectivity index (χ1v) is 5.88. The third-order valence-electron chi connectivity index (χ3n) is 3.44. The first-order chi connectivity index (χ1) is 7.20. The minimum absolute atomic E-state index is 0.434. The van der Waals surface area contributed by atoms with Gasteiger partial charge >= 0.3 is 0 Å². The van der Waals surface area contributed by atoms with E-state index >= 15 is 0 Å². The standard InChI is InChI=1S/C12H22N2O/c1-12(10-13,14-2)7-9-15-8-6-11-4-3-5-11/h11,14H,3-9H2,1-2H3. The second-order valence-electron chi connectivity index (χ2n) is 4.64. The molecule has 1 N–H and O–H groups in total. The molecule has 1 rings (SSSR count). The molecule has 86 valence electrons. The van der Waals surface area contributed by atoms with Crippen LogP contribution in [-0.2, 0) is 4.74 Å². The average Bonchev–Trinajstić information content (AvgIpc) is 2.20. The SMILES string of the molecule is CNC(C)(C#N)CCOCCC1CCC1. The van der Waals surface area contributed by atoms with Crippen LogP contribution in [0.15, 0.2) is 0 Å². The van der Waals surface area contributed by atoms with Gasteiger partial charge in [-0.3, -0.25) is 0 Å². The van der Waals surface area contributed by atoms with Gasteiger partial charge in [-0.2, -0.15) is 5.26 Å². The fourth-order valence-corrected chi connectivity index (χ4v) is 1.65. The zero-order valence-corrected chi connectivity index (χ0v) is 9.88.